The van der Waals surface area contributed by atoms with Crippen LogP contribution in [0.4, 0.5) is 0 Å². The maximum absolute atomic E-state index is 11.7. The zero-order valence-electron chi connectivity index (χ0n) is 10.0. The summed E-state index contributed by atoms with van der Waals surface area (Å²) < 4.78 is 5.18. The molecule has 1 amide bonds. The number of ether oxygens (including phenoxy) is 1. The van der Waals surface area contributed by atoms with Gasteiger partial charge in [0.2, 0.25) is 0 Å². The zero-order chi connectivity index (χ0) is 13.0. The van der Waals surface area contributed by atoms with Gasteiger partial charge in [-0.25, -0.2) is 5.84 Å². The predicted molar refractivity (Wildman–Crippen MR) is 70.1 cm³/mol. The highest BCUT2D eigenvalue weighted by atomic mass is 16.5. The Morgan fingerprint density at radius 1 is 1.17 bits per heavy atom. The molecular weight excluding hydrogens is 228 g/mol. The smallest absolute Gasteiger partial charge is 0.265 e. The Hall–Kier alpha value is -2.33. The van der Waals surface area contributed by atoms with Gasteiger partial charge in [0.25, 0.3) is 5.91 Å². The molecule has 2 rings (SSSR count). The van der Waals surface area contributed by atoms with E-state index < -0.39 is 0 Å². The Kier molecular flexibility index (Phi) is 3.60. The molecule has 0 radical (unpaired) electrons. The maximum atomic E-state index is 11.7. The third-order valence-corrected chi connectivity index (χ3v) is 2.69. The molecule has 18 heavy (non-hydrogen) atoms. The first kappa shape index (κ1) is 12.1. The average Bonchev–Trinajstić information content (AvgIpc) is 2.46. The molecule has 0 spiro atoms. The van der Waals surface area contributed by atoms with Crippen molar-refractivity contribution in [2.75, 3.05) is 7.11 Å². The van der Waals surface area contributed by atoms with Gasteiger partial charge >= 0.3 is 0 Å². The van der Waals surface area contributed by atoms with E-state index in [1.807, 2.05) is 36.4 Å². The number of carbonyl (C=O) groups is 1. The van der Waals surface area contributed by atoms with E-state index in [9.17, 15) is 4.79 Å². The van der Waals surface area contributed by atoms with Crippen LogP contribution in [0.1, 0.15) is 10.4 Å². The van der Waals surface area contributed by atoms with E-state index in [0.29, 0.717) is 11.3 Å². The fourth-order valence-corrected chi connectivity index (χ4v) is 1.78. The summed E-state index contributed by atoms with van der Waals surface area (Å²) in [6.45, 7) is 0. The summed E-state index contributed by atoms with van der Waals surface area (Å²) in [5, 5.41) is 0. The van der Waals surface area contributed by atoms with Gasteiger partial charge in [-0.15, -0.1) is 0 Å². The summed E-state index contributed by atoms with van der Waals surface area (Å²) in [5.41, 5.74) is 4.40. The molecule has 2 aromatic carbocycles. The normalized spacial score (nSPS) is 9.89. The molecule has 0 saturated heterocycles. The van der Waals surface area contributed by atoms with Gasteiger partial charge in [0.1, 0.15) is 5.75 Å². The summed E-state index contributed by atoms with van der Waals surface area (Å²) >= 11 is 0. The van der Waals surface area contributed by atoms with Crippen LogP contribution in [0.5, 0.6) is 5.75 Å². The molecule has 3 N–H and O–H groups in total. The lowest BCUT2D eigenvalue weighted by molar-refractivity contribution is 0.0954. The number of hydrogen-bond acceptors (Lipinski definition) is 3. The van der Waals surface area contributed by atoms with Gasteiger partial charge in [-0.3, -0.25) is 10.2 Å². The maximum Gasteiger partial charge on any atom is 0.265 e. The second kappa shape index (κ2) is 5.33. The molecule has 0 aliphatic carbocycles. The van der Waals surface area contributed by atoms with E-state index in [1.165, 1.54) is 0 Å². The van der Waals surface area contributed by atoms with Crippen molar-refractivity contribution < 1.29 is 9.53 Å². The van der Waals surface area contributed by atoms with E-state index in [2.05, 4.69) is 5.43 Å². The van der Waals surface area contributed by atoms with Crippen molar-refractivity contribution >= 4 is 5.91 Å². The molecule has 0 saturated carbocycles. The average molecular weight is 242 g/mol. The lowest BCUT2D eigenvalue weighted by Crippen LogP contribution is -2.30. The largest absolute Gasteiger partial charge is 0.497 e. The van der Waals surface area contributed by atoms with E-state index in [1.54, 1.807) is 19.2 Å². The SMILES string of the molecule is COc1ccc(C(=O)NN)c(-c2ccccc2)c1. The van der Waals surface area contributed by atoms with Gasteiger partial charge in [-0.2, -0.15) is 0 Å². The molecule has 0 heterocycles. The van der Waals surface area contributed by atoms with Gasteiger partial charge in [0.05, 0.1) is 7.11 Å². The Bertz CT molecular complexity index is 553. The Labute approximate surface area is 105 Å². The highest BCUT2D eigenvalue weighted by Crippen LogP contribution is 2.27. The van der Waals surface area contributed by atoms with E-state index in [4.69, 9.17) is 10.6 Å². The third kappa shape index (κ3) is 2.33. The van der Waals surface area contributed by atoms with Crippen molar-refractivity contribution in [2.45, 2.75) is 0 Å². The quantitative estimate of drug-likeness (QED) is 0.491. The van der Waals surface area contributed by atoms with Crippen LogP contribution >= 0.6 is 0 Å². The number of nitrogens with one attached hydrogen (secondary N) is 1. The van der Waals surface area contributed by atoms with Crippen molar-refractivity contribution in [1.29, 1.82) is 0 Å². The summed E-state index contributed by atoms with van der Waals surface area (Å²) in [4.78, 5) is 11.7. The zero-order valence-corrected chi connectivity index (χ0v) is 10.0. The topological polar surface area (TPSA) is 64.3 Å². The minimum Gasteiger partial charge on any atom is -0.497 e. The fourth-order valence-electron chi connectivity index (χ4n) is 1.78. The number of methoxy groups -OCH3 is 1. The highest BCUT2D eigenvalue weighted by molar-refractivity contribution is 6.00. The van der Waals surface area contributed by atoms with Crippen molar-refractivity contribution in [1.82, 2.24) is 5.43 Å². The molecule has 0 atom stereocenters. The first-order valence-electron chi connectivity index (χ1n) is 5.50. The molecule has 4 heteroatoms. The summed E-state index contributed by atoms with van der Waals surface area (Å²) in [7, 11) is 1.59. The Morgan fingerprint density at radius 3 is 2.50 bits per heavy atom. The molecule has 0 aliphatic rings. The van der Waals surface area contributed by atoms with Gasteiger partial charge < -0.3 is 4.74 Å². The van der Waals surface area contributed by atoms with Crippen LogP contribution in [0.2, 0.25) is 0 Å². The molecule has 2 aromatic rings. The minimum atomic E-state index is -0.323. The molecule has 0 bridgehead atoms. The third-order valence-electron chi connectivity index (χ3n) is 2.69. The number of nitrogen functional groups attached to an aromatic ring is 1. The van der Waals surface area contributed by atoms with Crippen LogP contribution in [0, 0.1) is 0 Å². The van der Waals surface area contributed by atoms with E-state index in [0.717, 1.165) is 11.1 Å². The number of carbonyl (C=O) groups excluding carboxylic acids is 1. The van der Waals surface area contributed by atoms with Gasteiger partial charge in [0.15, 0.2) is 0 Å². The fraction of sp³-hybridized carbons (Fsp3) is 0.0714. The van der Waals surface area contributed by atoms with Crippen molar-refractivity contribution in [3.63, 3.8) is 0 Å². The van der Waals surface area contributed by atoms with Crippen LogP contribution in [0.3, 0.4) is 0 Å². The monoisotopic (exact) mass is 242 g/mol. The lowest BCUT2D eigenvalue weighted by atomic mass is 9.99. The molecule has 0 aliphatic heterocycles. The summed E-state index contributed by atoms with van der Waals surface area (Å²) in [5.74, 6) is 5.56. The molecule has 4 nitrogen and oxygen atoms in total. The van der Waals surface area contributed by atoms with Crippen LogP contribution < -0.4 is 16.0 Å². The van der Waals surface area contributed by atoms with Crippen LogP contribution in [0.15, 0.2) is 48.5 Å². The van der Waals surface area contributed by atoms with Crippen LogP contribution in [0.25, 0.3) is 11.1 Å². The van der Waals surface area contributed by atoms with E-state index in [-0.39, 0.29) is 5.91 Å². The number of amides is 1. The van der Waals surface area contributed by atoms with Crippen LogP contribution in [-0.4, -0.2) is 13.0 Å². The molecule has 0 fully saturated rings. The number of hydrogen-bond donors (Lipinski definition) is 2. The van der Waals surface area contributed by atoms with Gasteiger partial charge in [-0.1, -0.05) is 30.3 Å². The van der Waals surface area contributed by atoms with Crippen LogP contribution in [-0.2, 0) is 0 Å². The number of nitrogens with two attached hydrogens (primary N) is 1. The van der Waals surface area contributed by atoms with Crippen molar-refractivity contribution in [2.24, 2.45) is 5.84 Å². The Morgan fingerprint density at radius 2 is 1.89 bits per heavy atom. The van der Waals surface area contributed by atoms with Crippen molar-refractivity contribution in [3.8, 4) is 16.9 Å². The second-order valence-electron chi connectivity index (χ2n) is 3.75. The number of hydrazine groups is 1. The van der Waals surface area contributed by atoms with E-state index >= 15 is 0 Å². The summed E-state index contributed by atoms with van der Waals surface area (Å²) in [6, 6.07) is 14.9. The first-order valence-corrected chi connectivity index (χ1v) is 5.50. The predicted octanol–water partition coefficient (Wildman–Crippen LogP) is 1.97. The second-order valence-corrected chi connectivity index (χ2v) is 3.75. The molecule has 92 valence electrons. The molecule has 0 unspecified atom stereocenters. The highest BCUT2D eigenvalue weighted by Gasteiger charge is 2.12. The minimum absolute atomic E-state index is 0.323. The molecular formula is C14H14N2O2. The number of rotatable bonds is 3. The van der Waals surface area contributed by atoms with Crippen molar-refractivity contribution in [3.05, 3.63) is 54.1 Å². The Balaban J connectivity index is 2.58. The lowest BCUT2D eigenvalue weighted by Gasteiger charge is -2.10. The van der Waals surface area contributed by atoms with Gasteiger partial charge in [0, 0.05) is 5.56 Å². The summed E-state index contributed by atoms with van der Waals surface area (Å²) in [6.07, 6.45) is 0. The van der Waals surface area contributed by atoms with Gasteiger partial charge in [-0.05, 0) is 29.3 Å². The number of benzene rings is 2. The standard InChI is InChI=1S/C14H14N2O2/c1-18-11-7-8-12(14(17)16-15)13(9-11)10-5-3-2-4-6-10/h2-9H,15H2,1H3,(H,16,17). The first-order chi connectivity index (χ1) is 8.76. The molecule has 0 aromatic heterocycles.